The fraction of sp³-hybridized carbons (Fsp3) is 0.571. The summed E-state index contributed by atoms with van der Waals surface area (Å²) in [6.07, 6.45) is 0.928. The molecule has 1 aliphatic heterocycles. The van der Waals surface area contributed by atoms with Crippen molar-refractivity contribution in [1.82, 2.24) is 4.31 Å². The van der Waals surface area contributed by atoms with Crippen LogP contribution in [0.15, 0.2) is 29.2 Å². The fourth-order valence-electron chi connectivity index (χ4n) is 3.46. The van der Waals surface area contributed by atoms with Crippen LogP contribution >= 0.6 is 0 Å². The van der Waals surface area contributed by atoms with Crippen molar-refractivity contribution in [1.29, 1.82) is 0 Å². The molecule has 0 unspecified atom stereocenters. The maximum Gasteiger partial charge on any atom is 0.243 e. The van der Waals surface area contributed by atoms with E-state index >= 15 is 0 Å². The quantitative estimate of drug-likeness (QED) is 0.889. The topological polar surface area (TPSA) is 63.4 Å². The zero-order valence-electron chi connectivity index (χ0n) is 11.3. The first-order chi connectivity index (χ1) is 8.83. The van der Waals surface area contributed by atoms with Crippen molar-refractivity contribution in [2.45, 2.75) is 31.2 Å². The maximum atomic E-state index is 12.6. The van der Waals surface area contributed by atoms with Gasteiger partial charge < -0.3 is 5.73 Å². The molecule has 1 aromatic rings. The Bertz CT molecular complexity index is 596. The Morgan fingerprint density at radius 1 is 1.32 bits per heavy atom. The molecule has 1 saturated carbocycles. The average molecular weight is 280 g/mol. The molecule has 4 nitrogen and oxygen atoms in total. The highest BCUT2D eigenvalue weighted by atomic mass is 32.2. The van der Waals surface area contributed by atoms with Crippen LogP contribution in [-0.2, 0) is 10.0 Å². The number of fused-ring (bicyclic) bond motifs is 1. The molecule has 2 N–H and O–H groups in total. The number of hydrogen-bond acceptors (Lipinski definition) is 3. The number of nitrogens with zero attached hydrogens (tertiary/aromatic N) is 1. The van der Waals surface area contributed by atoms with Gasteiger partial charge in [-0.05, 0) is 36.8 Å². The van der Waals surface area contributed by atoms with E-state index in [1.165, 1.54) is 0 Å². The summed E-state index contributed by atoms with van der Waals surface area (Å²) in [5.74, 6) is 0.313. The molecule has 2 aliphatic rings. The summed E-state index contributed by atoms with van der Waals surface area (Å²) in [6, 6.07) is 7.21. The number of rotatable bonds is 2. The molecule has 19 heavy (non-hydrogen) atoms. The highest BCUT2D eigenvalue weighted by Crippen LogP contribution is 2.51. The van der Waals surface area contributed by atoms with Crippen LogP contribution in [0.5, 0.6) is 0 Å². The van der Waals surface area contributed by atoms with Crippen molar-refractivity contribution in [2.75, 3.05) is 13.1 Å². The van der Waals surface area contributed by atoms with E-state index in [4.69, 9.17) is 5.73 Å². The third kappa shape index (κ3) is 1.91. The van der Waals surface area contributed by atoms with E-state index in [1.807, 2.05) is 19.1 Å². The Morgan fingerprint density at radius 2 is 1.95 bits per heavy atom. The Morgan fingerprint density at radius 3 is 2.47 bits per heavy atom. The normalized spacial score (nSPS) is 34.9. The molecule has 1 aliphatic carbocycles. The van der Waals surface area contributed by atoms with Crippen LogP contribution in [0.25, 0.3) is 0 Å². The van der Waals surface area contributed by atoms with Crippen LogP contribution < -0.4 is 5.73 Å². The monoisotopic (exact) mass is 280 g/mol. The maximum absolute atomic E-state index is 12.6. The highest BCUT2D eigenvalue weighted by molar-refractivity contribution is 7.89. The summed E-state index contributed by atoms with van der Waals surface area (Å²) in [7, 11) is -3.37. The average Bonchev–Trinajstić information content (AvgIpc) is 2.62. The molecule has 1 saturated heterocycles. The Hall–Kier alpha value is -0.910. The molecule has 3 atom stereocenters. The van der Waals surface area contributed by atoms with Crippen LogP contribution in [0.1, 0.15) is 18.9 Å². The summed E-state index contributed by atoms with van der Waals surface area (Å²) < 4.78 is 26.8. The van der Waals surface area contributed by atoms with E-state index in [2.05, 4.69) is 6.92 Å². The molecule has 5 heteroatoms. The second kappa shape index (κ2) is 4.04. The van der Waals surface area contributed by atoms with Crippen molar-refractivity contribution in [3.05, 3.63) is 29.8 Å². The Balaban J connectivity index is 1.88. The number of nitrogens with two attached hydrogens (primary N) is 1. The van der Waals surface area contributed by atoms with E-state index < -0.39 is 10.0 Å². The lowest BCUT2D eigenvalue weighted by molar-refractivity contribution is 0.0765. The van der Waals surface area contributed by atoms with Crippen molar-refractivity contribution in [3.63, 3.8) is 0 Å². The third-order valence-electron chi connectivity index (χ3n) is 4.71. The van der Waals surface area contributed by atoms with Crippen LogP contribution in [0.3, 0.4) is 0 Å². The van der Waals surface area contributed by atoms with Crippen molar-refractivity contribution >= 4 is 10.0 Å². The Labute approximate surface area is 114 Å². The molecule has 1 heterocycles. The number of aryl methyl sites for hydroxylation is 1. The minimum Gasteiger partial charge on any atom is -0.327 e. The van der Waals surface area contributed by atoms with Gasteiger partial charge in [-0.3, -0.25) is 0 Å². The molecule has 2 fully saturated rings. The summed E-state index contributed by atoms with van der Waals surface area (Å²) in [4.78, 5) is 0.386. The molecule has 1 aromatic carbocycles. The van der Waals surface area contributed by atoms with E-state index in [1.54, 1.807) is 16.4 Å². The second-order valence-electron chi connectivity index (χ2n) is 6.24. The minimum atomic E-state index is -3.37. The van der Waals surface area contributed by atoms with Gasteiger partial charge >= 0.3 is 0 Å². The van der Waals surface area contributed by atoms with Gasteiger partial charge in [-0.15, -0.1) is 0 Å². The predicted molar refractivity (Wildman–Crippen MR) is 74.1 cm³/mol. The minimum absolute atomic E-state index is 0.0805. The first-order valence-electron chi connectivity index (χ1n) is 6.65. The van der Waals surface area contributed by atoms with Gasteiger partial charge in [0.25, 0.3) is 0 Å². The summed E-state index contributed by atoms with van der Waals surface area (Å²) in [5.41, 5.74) is 7.14. The summed E-state index contributed by atoms with van der Waals surface area (Å²) >= 11 is 0. The van der Waals surface area contributed by atoms with Gasteiger partial charge in [-0.1, -0.05) is 24.6 Å². The Kier molecular flexibility index (Phi) is 2.78. The molecule has 3 rings (SSSR count). The van der Waals surface area contributed by atoms with Crippen molar-refractivity contribution in [3.8, 4) is 0 Å². The molecule has 104 valence electrons. The first-order valence-corrected chi connectivity index (χ1v) is 8.09. The molecule has 0 amide bonds. The zero-order valence-corrected chi connectivity index (χ0v) is 12.2. The van der Waals surface area contributed by atoms with E-state index in [9.17, 15) is 8.42 Å². The van der Waals surface area contributed by atoms with Gasteiger partial charge in [0.15, 0.2) is 0 Å². The lowest BCUT2D eigenvalue weighted by Crippen LogP contribution is -2.53. The van der Waals surface area contributed by atoms with Gasteiger partial charge in [0.05, 0.1) is 4.90 Å². The predicted octanol–water partition coefficient (Wildman–Crippen LogP) is 1.35. The largest absolute Gasteiger partial charge is 0.327 e. The van der Waals surface area contributed by atoms with Gasteiger partial charge in [-0.25, -0.2) is 8.42 Å². The molecule has 0 bridgehead atoms. The van der Waals surface area contributed by atoms with Crippen molar-refractivity contribution in [2.24, 2.45) is 17.1 Å². The first kappa shape index (κ1) is 13.1. The summed E-state index contributed by atoms with van der Waals surface area (Å²) in [5, 5.41) is 0. The fourth-order valence-corrected chi connectivity index (χ4v) is 5.06. The van der Waals surface area contributed by atoms with E-state index in [0.29, 0.717) is 23.9 Å². The lowest BCUT2D eigenvalue weighted by Gasteiger charge is -2.46. The van der Waals surface area contributed by atoms with Crippen LogP contribution in [0.2, 0.25) is 0 Å². The van der Waals surface area contributed by atoms with E-state index in [-0.39, 0.29) is 11.5 Å². The van der Waals surface area contributed by atoms with Crippen molar-refractivity contribution < 1.29 is 8.42 Å². The number of sulfonamides is 1. The number of hydrogen-bond donors (Lipinski definition) is 1. The smallest absolute Gasteiger partial charge is 0.243 e. The van der Waals surface area contributed by atoms with Crippen LogP contribution in [0.4, 0.5) is 0 Å². The van der Waals surface area contributed by atoms with Gasteiger partial charge in [0.2, 0.25) is 10.0 Å². The van der Waals surface area contributed by atoms with E-state index in [0.717, 1.165) is 12.0 Å². The molecule has 0 radical (unpaired) electrons. The van der Waals surface area contributed by atoms with Gasteiger partial charge in [0.1, 0.15) is 0 Å². The number of benzene rings is 1. The highest BCUT2D eigenvalue weighted by Gasteiger charge is 2.56. The third-order valence-corrected chi connectivity index (χ3v) is 6.54. The lowest BCUT2D eigenvalue weighted by atomic mass is 9.60. The molecule has 0 spiro atoms. The van der Waals surface area contributed by atoms with Crippen LogP contribution in [0, 0.1) is 18.3 Å². The zero-order chi connectivity index (χ0) is 13.8. The standard InChI is InChI=1S/C14H20N2O2S/c1-10-3-5-11(6-4-10)19(17,18)16-8-12-13(15)7-14(12,2)9-16/h3-6,12-13H,7-9,15H2,1-2H3/t12-,13+,14-/m0/s1. The molecule has 0 aromatic heterocycles. The SMILES string of the molecule is Cc1ccc(S(=O)(=O)N2C[C@H]3[C@H](N)C[C@@]3(C)C2)cc1. The summed E-state index contributed by atoms with van der Waals surface area (Å²) in [6.45, 7) is 5.26. The molecular weight excluding hydrogens is 260 g/mol. The van der Waals surface area contributed by atoms with Gasteiger partial charge in [0, 0.05) is 19.1 Å². The second-order valence-corrected chi connectivity index (χ2v) is 8.18. The van der Waals surface area contributed by atoms with Crippen LogP contribution in [-0.4, -0.2) is 31.9 Å². The molecular formula is C14H20N2O2S. The van der Waals surface area contributed by atoms with Gasteiger partial charge in [-0.2, -0.15) is 4.31 Å².